The van der Waals surface area contributed by atoms with E-state index >= 15 is 8.78 Å². The van der Waals surface area contributed by atoms with Crippen LogP contribution in [0.4, 0.5) is 30.6 Å². The molecule has 0 radical (unpaired) electrons. The topological polar surface area (TPSA) is 194 Å². The number of nitrogens with one attached hydrogen (secondary N) is 2. The fourth-order valence-corrected chi connectivity index (χ4v) is 9.68. The van der Waals surface area contributed by atoms with Gasteiger partial charge in [-0.15, -0.1) is 0 Å². The van der Waals surface area contributed by atoms with Crippen LogP contribution in [0.2, 0.25) is 0 Å². The molecule has 0 unspecified atom stereocenters. The molecule has 4 aliphatic rings. The molecule has 3 aliphatic heterocycles. The molecule has 6 heterocycles. The third kappa shape index (κ3) is 8.12. The fourth-order valence-electron chi connectivity index (χ4n) is 9.68. The molecule has 1 aliphatic carbocycles. The van der Waals surface area contributed by atoms with Gasteiger partial charge < -0.3 is 25.0 Å². The largest absolute Gasteiger partial charge is 0.386 e. The van der Waals surface area contributed by atoms with Gasteiger partial charge in [0.25, 0.3) is 5.91 Å². The number of anilines is 3. The summed E-state index contributed by atoms with van der Waals surface area (Å²) < 4.78 is 39.5. The molecular formula is C45H49F2N11O6. The maximum absolute atomic E-state index is 15.2. The number of methoxy groups -OCH3 is 1. The Kier molecular flexibility index (Phi) is 11.3. The first-order chi connectivity index (χ1) is 30.7. The standard InChI is InChI=1S/C45H49F2N11O6/c1-45(2,63)34-18-37-27(15-38(34)50-42(60)39-9-8-31-14-26(19-48)20-49-58(31)39)23-57(52-37)30-6-4-29(5-7-30)53-12-13-55(33(24-53)25-64-3)43(61)28-21-54(22-28)32-16-35(46)41(36(47)17-32)56-11-10-40(59)51-44(56)62/h8-9,14-18,20,23,28-30,33,63H,4-7,10-13,21-22,24-25H2,1-3H3,(H,50,60)(H,51,59,62)/t29?,30?,33-/m1/s1. The maximum atomic E-state index is 15.2. The number of halogens is 2. The van der Waals surface area contributed by atoms with Gasteiger partial charge in [0.15, 0.2) is 11.6 Å². The Balaban J connectivity index is 0.811. The molecule has 5 aromatic rings. The summed E-state index contributed by atoms with van der Waals surface area (Å²) in [7, 11) is 1.62. The summed E-state index contributed by atoms with van der Waals surface area (Å²) in [5.74, 6) is -3.12. The lowest BCUT2D eigenvalue weighted by atomic mass is 9.89. The molecule has 1 saturated carbocycles. The number of imide groups is 1. The van der Waals surface area contributed by atoms with Crippen molar-refractivity contribution in [2.75, 3.05) is 68.1 Å². The van der Waals surface area contributed by atoms with E-state index in [1.807, 2.05) is 27.9 Å². The van der Waals surface area contributed by atoms with E-state index in [0.717, 1.165) is 48.1 Å². The predicted octanol–water partition coefficient (Wildman–Crippen LogP) is 4.54. The van der Waals surface area contributed by atoms with Crippen molar-refractivity contribution in [1.29, 1.82) is 5.26 Å². The number of hydrogen-bond donors (Lipinski definition) is 3. The predicted molar refractivity (Wildman–Crippen MR) is 231 cm³/mol. The summed E-state index contributed by atoms with van der Waals surface area (Å²) >= 11 is 0. The number of aliphatic hydroxyl groups is 1. The highest BCUT2D eigenvalue weighted by molar-refractivity contribution is 6.06. The van der Waals surface area contributed by atoms with Gasteiger partial charge in [0.1, 0.15) is 17.5 Å². The molecule has 1 atom stereocenters. The molecule has 5 amide bonds. The van der Waals surface area contributed by atoms with E-state index in [4.69, 9.17) is 9.84 Å². The van der Waals surface area contributed by atoms with Crippen molar-refractivity contribution in [3.8, 4) is 6.07 Å². The first kappa shape index (κ1) is 42.8. The second kappa shape index (κ2) is 16.9. The molecule has 334 valence electrons. The number of carbonyl (C=O) groups is 4. The van der Waals surface area contributed by atoms with Crippen molar-refractivity contribution in [1.82, 2.24) is 34.5 Å². The Morgan fingerprint density at radius 2 is 1.73 bits per heavy atom. The number of benzene rings is 2. The zero-order valence-electron chi connectivity index (χ0n) is 35.8. The average Bonchev–Trinajstić information content (AvgIpc) is 3.87. The molecule has 19 heteroatoms. The molecule has 0 bridgehead atoms. The van der Waals surface area contributed by atoms with Crippen molar-refractivity contribution < 1.29 is 37.8 Å². The number of fused-ring (bicyclic) bond motifs is 2. The molecule has 3 N–H and O–H groups in total. The molecule has 2 aromatic carbocycles. The highest BCUT2D eigenvalue weighted by Gasteiger charge is 2.42. The SMILES string of the molecule is COC[C@H]1CN(C2CCC(n3cc4cc(NC(=O)c5ccc6cc(C#N)cnn56)c(C(C)(C)O)cc4n3)CC2)CCN1C(=O)C1CN(c2cc(F)c(N3CCC(=O)NC3=O)c(F)c2)C1. The van der Waals surface area contributed by atoms with Gasteiger partial charge in [-0.2, -0.15) is 15.5 Å². The minimum absolute atomic E-state index is 0.0134. The second-order valence-electron chi connectivity index (χ2n) is 17.7. The van der Waals surface area contributed by atoms with Crippen LogP contribution in [0.3, 0.4) is 0 Å². The molecule has 3 aromatic heterocycles. The van der Waals surface area contributed by atoms with Gasteiger partial charge in [-0.25, -0.2) is 18.1 Å². The van der Waals surface area contributed by atoms with E-state index < -0.39 is 40.8 Å². The van der Waals surface area contributed by atoms with Crippen molar-refractivity contribution in [2.45, 2.75) is 69.7 Å². The quantitative estimate of drug-likeness (QED) is 0.178. The van der Waals surface area contributed by atoms with Crippen molar-refractivity contribution in [3.63, 3.8) is 0 Å². The molecular weight excluding hydrogens is 829 g/mol. The van der Waals surface area contributed by atoms with Gasteiger partial charge in [0, 0.05) is 87.4 Å². The van der Waals surface area contributed by atoms with Gasteiger partial charge in [-0.05, 0) is 82.0 Å². The Morgan fingerprint density at radius 3 is 2.42 bits per heavy atom. The minimum atomic E-state index is -1.29. The Hall–Kier alpha value is -6.49. The number of urea groups is 1. The minimum Gasteiger partial charge on any atom is -0.386 e. The highest BCUT2D eigenvalue weighted by Crippen LogP contribution is 2.37. The zero-order valence-corrected chi connectivity index (χ0v) is 35.8. The van der Waals surface area contributed by atoms with Crippen LogP contribution in [0, 0.1) is 28.9 Å². The Bertz CT molecular complexity index is 2690. The van der Waals surface area contributed by atoms with Gasteiger partial charge in [0.2, 0.25) is 11.8 Å². The maximum Gasteiger partial charge on any atom is 0.328 e. The molecule has 9 rings (SSSR count). The van der Waals surface area contributed by atoms with Gasteiger partial charge in [-0.3, -0.25) is 34.2 Å². The lowest BCUT2D eigenvalue weighted by Crippen LogP contribution is -2.63. The number of aromatic nitrogens is 4. The number of carbonyl (C=O) groups excluding carboxylic acids is 4. The van der Waals surface area contributed by atoms with E-state index in [2.05, 4.69) is 26.7 Å². The molecule has 0 spiro atoms. The molecule has 17 nitrogen and oxygen atoms in total. The first-order valence-electron chi connectivity index (χ1n) is 21.5. The number of hydrogen-bond acceptors (Lipinski definition) is 11. The fraction of sp³-hybridized carbons (Fsp3) is 0.444. The molecule has 64 heavy (non-hydrogen) atoms. The smallest absolute Gasteiger partial charge is 0.328 e. The van der Waals surface area contributed by atoms with Gasteiger partial charge >= 0.3 is 6.03 Å². The van der Waals surface area contributed by atoms with Crippen LogP contribution in [0.1, 0.15) is 73.6 Å². The molecule has 4 fully saturated rings. The van der Waals surface area contributed by atoms with E-state index in [1.54, 1.807) is 44.1 Å². The number of piperazine rings is 1. The van der Waals surface area contributed by atoms with E-state index in [0.29, 0.717) is 73.2 Å². The highest BCUT2D eigenvalue weighted by atomic mass is 19.1. The third-order valence-corrected chi connectivity index (χ3v) is 13.1. The number of nitrogens with zero attached hydrogens (tertiary/aromatic N) is 9. The number of ether oxygens (including phenoxy) is 1. The van der Waals surface area contributed by atoms with Crippen LogP contribution in [0.5, 0.6) is 0 Å². The monoisotopic (exact) mass is 877 g/mol. The van der Waals surface area contributed by atoms with Crippen LogP contribution in [0.25, 0.3) is 16.4 Å². The summed E-state index contributed by atoms with van der Waals surface area (Å²) in [4.78, 5) is 58.2. The summed E-state index contributed by atoms with van der Waals surface area (Å²) in [6.45, 7) is 6.07. The van der Waals surface area contributed by atoms with Crippen LogP contribution < -0.4 is 20.4 Å². The lowest BCUT2D eigenvalue weighted by Gasteiger charge is -2.49. The van der Waals surface area contributed by atoms with Crippen LogP contribution >= 0.6 is 0 Å². The number of nitriles is 1. The number of amides is 5. The van der Waals surface area contributed by atoms with Crippen molar-refractivity contribution in [2.24, 2.45) is 5.92 Å². The third-order valence-electron chi connectivity index (χ3n) is 13.1. The van der Waals surface area contributed by atoms with E-state index in [-0.39, 0.29) is 48.3 Å². The van der Waals surface area contributed by atoms with E-state index in [9.17, 15) is 29.5 Å². The van der Waals surface area contributed by atoms with E-state index in [1.165, 1.54) is 10.7 Å². The zero-order chi connectivity index (χ0) is 45.0. The lowest BCUT2D eigenvalue weighted by molar-refractivity contribution is -0.144. The Labute approximate surface area is 367 Å². The van der Waals surface area contributed by atoms with Gasteiger partial charge in [-0.1, -0.05) is 0 Å². The molecule has 3 saturated heterocycles. The summed E-state index contributed by atoms with van der Waals surface area (Å²) in [5.41, 5.74) is 1.43. The average molecular weight is 878 g/mol. The first-order valence-corrected chi connectivity index (χ1v) is 21.5. The van der Waals surface area contributed by atoms with Crippen LogP contribution in [-0.2, 0) is 19.9 Å². The summed E-state index contributed by atoms with van der Waals surface area (Å²) in [5, 5.41) is 35.5. The Morgan fingerprint density at radius 1 is 1.00 bits per heavy atom. The van der Waals surface area contributed by atoms with Crippen LogP contribution in [-0.4, -0.2) is 123 Å². The summed E-state index contributed by atoms with van der Waals surface area (Å²) in [6.07, 6.45) is 6.98. The van der Waals surface area contributed by atoms with Crippen molar-refractivity contribution in [3.05, 3.63) is 83.3 Å². The van der Waals surface area contributed by atoms with Crippen molar-refractivity contribution >= 4 is 57.2 Å². The number of rotatable bonds is 10. The second-order valence-corrected chi connectivity index (χ2v) is 17.7. The normalized spacial score (nSPS) is 21.3. The van der Waals surface area contributed by atoms with Gasteiger partial charge in [0.05, 0.1) is 53.0 Å². The summed E-state index contributed by atoms with van der Waals surface area (Å²) in [6, 6.07) is 12.5. The van der Waals surface area contributed by atoms with Crippen LogP contribution in [0.15, 0.2) is 54.9 Å².